The summed E-state index contributed by atoms with van der Waals surface area (Å²) in [7, 11) is 0. The minimum absolute atomic E-state index is 0.119. The molecule has 2 N–H and O–H groups in total. The molecular formula is C15H27NO4. The molecule has 0 saturated carbocycles. The van der Waals surface area contributed by atoms with Gasteiger partial charge in [-0.2, -0.15) is 0 Å². The first-order valence-electron chi connectivity index (χ1n) is 7.58. The van der Waals surface area contributed by atoms with Crippen molar-refractivity contribution in [2.75, 3.05) is 13.2 Å². The molecule has 0 aromatic rings. The molecule has 5 nitrogen and oxygen atoms in total. The van der Waals surface area contributed by atoms with E-state index in [2.05, 4.69) is 5.32 Å². The Labute approximate surface area is 121 Å². The maximum atomic E-state index is 12.3. The number of carboxylic acids is 1. The molecule has 1 rings (SSSR count). The van der Waals surface area contributed by atoms with Crippen LogP contribution in [-0.4, -0.2) is 36.2 Å². The molecule has 0 aliphatic carbocycles. The van der Waals surface area contributed by atoms with Gasteiger partial charge in [-0.1, -0.05) is 27.2 Å². The zero-order valence-electron chi connectivity index (χ0n) is 12.7. The molecule has 0 radical (unpaired) electrons. The summed E-state index contributed by atoms with van der Waals surface area (Å²) in [6.45, 7) is 7.13. The van der Waals surface area contributed by atoms with Crippen LogP contribution < -0.4 is 5.32 Å². The Balaban J connectivity index is 2.68. The first-order chi connectivity index (χ1) is 9.47. The Kier molecular flexibility index (Phi) is 6.99. The molecule has 3 unspecified atom stereocenters. The van der Waals surface area contributed by atoms with Crippen LogP contribution in [0.5, 0.6) is 0 Å². The van der Waals surface area contributed by atoms with Crippen molar-refractivity contribution in [2.24, 2.45) is 17.8 Å². The van der Waals surface area contributed by atoms with Crippen molar-refractivity contribution in [3.8, 4) is 0 Å². The summed E-state index contributed by atoms with van der Waals surface area (Å²) < 4.78 is 5.34. The molecule has 3 atom stereocenters. The molecule has 0 aromatic carbocycles. The minimum atomic E-state index is -0.965. The molecule has 0 aromatic heterocycles. The molecule has 5 heteroatoms. The number of rotatable bonds is 7. The highest BCUT2D eigenvalue weighted by atomic mass is 16.5. The first kappa shape index (κ1) is 17.0. The molecular weight excluding hydrogens is 258 g/mol. The van der Waals surface area contributed by atoms with Gasteiger partial charge in [0.1, 0.15) is 6.04 Å². The lowest BCUT2D eigenvalue weighted by molar-refractivity contribution is -0.146. The van der Waals surface area contributed by atoms with E-state index in [0.717, 1.165) is 25.7 Å². The van der Waals surface area contributed by atoms with Gasteiger partial charge in [-0.05, 0) is 25.2 Å². The highest BCUT2D eigenvalue weighted by Crippen LogP contribution is 2.21. The van der Waals surface area contributed by atoms with Gasteiger partial charge in [0, 0.05) is 18.4 Å². The SMILES string of the molecule is CCCC(C(=O)NC(C(=O)O)C1CCCOC1)C(C)C. The zero-order chi connectivity index (χ0) is 15.1. The summed E-state index contributed by atoms with van der Waals surface area (Å²) in [6.07, 6.45) is 3.35. The number of hydrogen-bond acceptors (Lipinski definition) is 3. The third kappa shape index (κ3) is 4.78. The maximum Gasteiger partial charge on any atom is 0.326 e. The predicted molar refractivity (Wildman–Crippen MR) is 76.3 cm³/mol. The average Bonchev–Trinajstić information content (AvgIpc) is 2.42. The lowest BCUT2D eigenvalue weighted by Gasteiger charge is -2.30. The van der Waals surface area contributed by atoms with Crippen LogP contribution in [0.2, 0.25) is 0 Å². The van der Waals surface area contributed by atoms with Gasteiger partial charge in [0.25, 0.3) is 0 Å². The van der Waals surface area contributed by atoms with Gasteiger partial charge in [0.15, 0.2) is 0 Å². The molecule has 1 heterocycles. The normalized spacial score (nSPS) is 22.3. The van der Waals surface area contributed by atoms with E-state index in [4.69, 9.17) is 4.74 Å². The van der Waals surface area contributed by atoms with Crippen LogP contribution in [0.1, 0.15) is 46.5 Å². The van der Waals surface area contributed by atoms with Crippen LogP contribution in [0.25, 0.3) is 0 Å². The fourth-order valence-electron chi connectivity index (χ4n) is 2.75. The van der Waals surface area contributed by atoms with E-state index in [1.54, 1.807) is 0 Å². The number of aliphatic carboxylic acids is 1. The Bertz CT molecular complexity index is 324. The molecule has 1 aliphatic heterocycles. The number of carbonyl (C=O) groups excluding carboxylic acids is 1. The number of amides is 1. The highest BCUT2D eigenvalue weighted by Gasteiger charge is 2.33. The minimum Gasteiger partial charge on any atom is -0.480 e. The van der Waals surface area contributed by atoms with Gasteiger partial charge in [-0.15, -0.1) is 0 Å². The van der Waals surface area contributed by atoms with Gasteiger partial charge in [-0.25, -0.2) is 4.79 Å². The van der Waals surface area contributed by atoms with Crippen LogP contribution in [0.3, 0.4) is 0 Å². The lowest BCUT2D eigenvalue weighted by Crippen LogP contribution is -2.50. The molecule has 1 fully saturated rings. The van der Waals surface area contributed by atoms with Crippen molar-refractivity contribution in [3.63, 3.8) is 0 Å². The largest absolute Gasteiger partial charge is 0.480 e. The summed E-state index contributed by atoms with van der Waals surface area (Å²) in [5, 5.41) is 12.1. The Morgan fingerprint density at radius 1 is 1.40 bits per heavy atom. The summed E-state index contributed by atoms with van der Waals surface area (Å²) >= 11 is 0. The van der Waals surface area contributed by atoms with E-state index in [1.807, 2.05) is 20.8 Å². The summed E-state index contributed by atoms with van der Waals surface area (Å²) in [5.74, 6) is -1.13. The van der Waals surface area contributed by atoms with Gasteiger partial charge in [0.05, 0.1) is 6.61 Å². The van der Waals surface area contributed by atoms with Crippen LogP contribution in [0, 0.1) is 17.8 Å². The van der Waals surface area contributed by atoms with E-state index >= 15 is 0 Å². The van der Waals surface area contributed by atoms with Crippen LogP contribution >= 0.6 is 0 Å². The number of ether oxygens (including phenoxy) is 1. The summed E-state index contributed by atoms with van der Waals surface area (Å²) in [4.78, 5) is 23.7. The van der Waals surface area contributed by atoms with Crippen molar-refractivity contribution >= 4 is 11.9 Å². The third-order valence-electron chi connectivity index (χ3n) is 3.97. The molecule has 1 saturated heterocycles. The van der Waals surface area contributed by atoms with Crippen LogP contribution in [-0.2, 0) is 14.3 Å². The quantitative estimate of drug-likeness (QED) is 0.750. The summed E-state index contributed by atoms with van der Waals surface area (Å²) in [6, 6.07) is -0.832. The van der Waals surface area contributed by atoms with Crippen molar-refractivity contribution in [2.45, 2.75) is 52.5 Å². The zero-order valence-corrected chi connectivity index (χ0v) is 12.7. The van der Waals surface area contributed by atoms with Crippen LogP contribution in [0.4, 0.5) is 0 Å². The second-order valence-corrected chi connectivity index (χ2v) is 5.94. The van der Waals surface area contributed by atoms with Crippen molar-refractivity contribution in [3.05, 3.63) is 0 Å². The molecule has 0 bridgehead atoms. The van der Waals surface area contributed by atoms with Crippen molar-refractivity contribution in [1.29, 1.82) is 0 Å². The van der Waals surface area contributed by atoms with E-state index in [-0.39, 0.29) is 23.7 Å². The molecule has 0 spiro atoms. The number of carboxylic acid groups (broad SMARTS) is 1. The fourth-order valence-corrected chi connectivity index (χ4v) is 2.75. The fraction of sp³-hybridized carbons (Fsp3) is 0.867. The lowest BCUT2D eigenvalue weighted by atomic mass is 9.88. The van der Waals surface area contributed by atoms with Gasteiger partial charge >= 0.3 is 5.97 Å². The number of carbonyl (C=O) groups is 2. The number of hydrogen-bond donors (Lipinski definition) is 2. The third-order valence-corrected chi connectivity index (χ3v) is 3.97. The Morgan fingerprint density at radius 2 is 2.10 bits per heavy atom. The Hall–Kier alpha value is -1.10. The molecule has 1 amide bonds. The second-order valence-electron chi connectivity index (χ2n) is 5.94. The molecule has 116 valence electrons. The van der Waals surface area contributed by atoms with E-state index in [0.29, 0.717) is 13.2 Å². The smallest absolute Gasteiger partial charge is 0.326 e. The highest BCUT2D eigenvalue weighted by molar-refractivity contribution is 5.85. The molecule has 20 heavy (non-hydrogen) atoms. The Morgan fingerprint density at radius 3 is 2.55 bits per heavy atom. The number of nitrogens with one attached hydrogen (secondary N) is 1. The maximum absolute atomic E-state index is 12.3. The average molecular weight is 285 g/mol. The predicted octanol–water partition coefficient (Wildman–Crippen LogP) is 2.05. The summed E-state index contributed by atoms with van der Waals surface area (Å²) in [5.41, 5.74) is 0. The van der Waals surface area contributed by atoms with Crippen LogP contribution in [0.15, 0.2) is 0 Å². The van der Waals surface area contributed by atoms with E-state index < -0.39 is 12.0 Å². The second kappa shape index (κ2) is 8.25. The van der Waals surface area contributed by atoms with Gasteiger partial charge in [-0.3, -0.25) is 4.79 Å². The monoisotopic (exact) mass is 285 g/mol. The van der Waals surface area contributed by atoms with Crippen molar-refractivity contribution < 1.29 is 19.4 Å². The van der Waals surface area contributed by atoms with Gasteiger partial charge < -0.3 is 15.2 Å². The first-order valence-corrected chi connectivity index (χ1v) is 7.58. The van der Waals surface area contributed by atoms with Crippen molar-refractivity contribution in [1.82, 2.24) is 5.32 Å². The van der Waals surface area contributed by atoms with Gasteiger partial charge in [0.2, 0.25) is 5.91 Å². The standard InChI is InChI=1S/C15H27NO4/c1-4-6-12(10(2)3)14(17)16-13(15(18)19)11-7-5-8-20-9-11/h10-13H,4-9H2,1-3H3,(H,16,17)(H,18,19). The van der Waals surface area contributed by atoms with E-state index in [1.165, 1.54) is 0 Å². The topological polar surface area (TPSA) is 75.6 Å². The molecule has 1 aliphatic rings. The van der Waals surface area contributed by atoms with E-state index in [9.17, 15) is 14.7 Å².